The summed E-state index contributed by atoms with van der Waals surface area (Å²) < 4.78 is 14.6. The average Bonchev–Trinajstić information content (AvgIpc) is 2.43. The van der Waals surface area contributed by atoms with Crippen molar-refractivity contribution >= 4 is 11.6 Å². The van der Waals surface area contributed by atoms with Crippen molar-refractivity contribution in [2.75, 3.05) is 26.2 Å². The lowest BCUT2D eigenvalue weighted by Gasteiger charge is -2.36. The minimum atomic E-state index is -0.137. The maximum Gasteiger partial charge on any atom is 0.132 e. The first-order valence-electron chi connectivity index (χ1n) is 7.40. The third-order valence-electron chi connectivity index (χ3n) is 3.94. The molecule has 4 heteroatoms. The van der Waals surface area contributed by atoms with Crippen molar-refractivity contribution in [2.45, 2.75) is 33.2 Å². The Morgan fingerprint density at radius 2 is 1.95 bits per heavy atom. The summed E-state index contributed by atoms with van der Waals surface area (Å²) in [7, 11) is 0. The summed E-state index contributed by atoms with van der Waals surface area (Å²) in [6.45, 7) is 9.97. The van der Waals surface area contributed by atoms with Crippen molar-refractivity contribution < 1.29 is 4.39 Å². The monoisotopic (exact) mass is 298 g/mol. The fraction of sp³-hybridized carbons (Fsp3) is 0.625. The van der Waals surface area contributed by atoms with Gasteiger partial charge in [0.2, 0.25) is 0 Å². The number of hydrogen-bond acceptors (Lipinski definition) is 2. The Hall–Kier alpha value is -0.640. The van der Waals surface area contributed by atoms with E-state index in [1.54, 1.807) is 13.0 Å². The molecule has 2 nitrogen and oxygen atoms in total. The Balaban J connectivity index is 2.37. The zero-order valence-electron chi connectivity index (χ0n) is 12.5. The van der Waals surface area contributed by atoms with Gasteiger partial charge in [-0.1, -0.05) is 31.5 Å². The molecule has 1 heterocycles. The molecule has 0 saturated carbocycles. The fourth-order valence-corrected chi connectivity index (χ4v) is 3.15. The minimum Gasteiger partial charge on any atom is -0.314 e. The summed E-state index contributed by atoms with van der Waals surface area (Å²) in [5, 5.41) is 3.90. The van der Waals surface area contributed by atoms with Gasteiger partial charge in [-0.05, 0) is 30.9 Å². The standard InChI is InChI=1S/C16H24ClFN2/c1-11(2)10-14(20-8-6-19-7-9-20)15-13(17)5-4-12(3)16(15)18/h4-5,11,14,19H,6-10H2,1-3H3/t14-/m1/s1. The molecule has 1 fully saturated rings. The van der Waals surface area contributed by atoms with Crippen LogP contribution in [0.25, 0.3) is 0 Å². The van der Waals surface area contributed by atoms with Crippen LogP contribution in [-0.4, -0.2) is 31.1 Å². The van der Waals surface area contributed by atoms with Gasteiger partial charge in [0.25, 0.3) is 0 Å². The van der Waals surface area contributed by atoms with Crippen molar-refractivity contribution in [1.29, 1.82) is 0 Å². The zero-order chi connectivity index (χ0) is 14.7. The van der Waals surface area contributed by atoms with E-state index in [4.69, 9.17) is 11.6 Å². The Morgan fingerprint density at radius 3 is 2.55 bits per heavy atom. The van der Waals surface area contributed by atoms with Gasteiger partial charge >= 0.3 is 0 Å². The molecule has 0 bridgehead atoms. The molecule has 0 amide bonds. The number of nitrogens with one attached hydrogen (secondary N) is 1. The van der Waals surface area contributed by atoms with E-state index in [1.165, 1.54) is 0 Å². The van der Waals surface area contributed by atoms with Gasteiger partial charge in [-0.3, -0.25) is 4.90 Å². The van der Waals surface area contributed by atoms with Crippen LogP contribution in [0.5, 0.6) is 0 Å². The summed E-state index contributed by atoms with van der Waals surface area (Å²) >= 11 is 6.32. The molecule has 1 aliphatic rings. The second kappa shape index (κ2) is 6.88. The summed E-state index contributed by atoms with van der Waals surface area (Å²) in [5.74, 6) is 0.368. The van der Waals surface area contributed by atoms with E-state index in [-0.39, 0.29) is 11.9 Å². The predicted octanol–water partition coefficient (Wildman–Crippen LogP) is 3.78. The lowest BCUT2D eigenvalue weighted by atomic mass is 9.93. The van der Waals surface area contributed by atoms with Gasteiger partial charge in [0, 0.05) is 42.8 Å². The van der Waals surface area contributed by atoms with Crippen molar-refractivity contribution in [3.05, 3.63) is 34.1 Å². The van der Waals surface area contributed by atoms with Crippen LogP contribution in [0.4, 0.5) is 4.39 Å². The quantitative estimate of drug-likeness (QED) is 0.910. The van der Waals surface area contributed by atoms with E-state index in [0.29, 0.717) is 22.1 Å². The molecule has 1 N–H and O–H groups in total. The van der Waals surface area contributed by atoms with Crippen LogP contribution in [0.1, 0.15) is 37.4 Å². The topological polar surface area (TPSA) is 15.3 Å². The number of piperazine rings is 1. The van der Waals surface area contributed by atoms with Crippen molar-refractivity contribution in [3.8, 4) is 0 Å². The van der Waals surface area contributed by atoms with Crippen LogP contribution in [-0.2, 0) is 0 Å². The van der Waals surface area contributed by atoms with E-state index in [2.05, 4.69) is 24.1 Å². The highest BCUT2D eigenvalue weighted by Crippen LogP contribution is 2.35. The largest absolute Gasteiger partial charge is 0.314 e. The lowest BCUT2D eigenvalue weighted by molar-refractivity contribution is 0.151. The molecule has 2 rings (SSSR count). The maximum absolute atomic E-state index is 14.6. The molecule has 1 aliphatic heterocycles. The summed E-state index contributed by atoms with van der Waals surface area (Å²) in [5.41, 5.74) is 1.36. The first kappa shape index (κ1) is 15.7. The molecule has 1 saturated heterocycles. The summed E-state index contributed by atoms with van der Waals surface area (Å²) in [6, 6.07) is 3.65. The molecule has 112 valence electrons. The predicted molar refractivity (Wildman–Crippen MR) is 82.8 cm³/mol. The van der Waals surface area contributed by atoms with Gasteiger partial charge in [-0.15, -0.1) is 0 Å². The van der Waals surface area contributed by atoms with Gasteiger partial charge in [-0.25, -0.2) is 4.39 Å². The third kappa shape index (κ3) is 3.51. The van der Waals surface area contributed by atoms with E-state index in [1.807, 2.05) is 6.07 Å². The van der Waals surface area contributed by atoms with E-state index in [9.17, 15) is 4.39 Å². The van der Waals surface area contributed by atoms with Gasteiger partial charge < -0.3 is 5.32 Å². The van der Waals surface area contributed by atoms with Gasteiger partial charge in [0.1, 0.15) is 5.82 Å². The Labute approximate surface area is 126 Å². The zero-order valence-corrected chi connectivity index (χ0v) is 13.3. The molecule has 1 aromatic carbocycles. The van der Waals surface area contributed by atoms with Crippen LogP contribution in [0.2, 0.25) is 5.02 Å². The minimum absolute atomic E-state index is 0.0736. The molecule has 20 heavy (non-hydrogen) atoms. The number of halogens is 2. The maximum atomic E-state index is 14.6. The molecule has 1 aromatic rings. The highest BCUT2D eigenvalue weighted by atomic mass is 35.5. The lowest BCUT2D eigenvalue weighted by Crippen LogP contribution is -2.45. The van der Waals surface area contributed by atoms with Crippen molar-refractivity contribution in [1.82, 2.24) is 10.2 Å². The first-order chi connectivity index (χ1) is 9.50. The van der Waals surface area contributed by atoms with Gasteiger partial charge in [0.15, 0.2) is 0 Å². The summed E-state index contributed by atoms with van der Waals surface area (Å²) in [4.78, 5) is 2.36. The summed E-state index contributed by atoms with van der Waals surface area (Å²) in [6.07, 6.45) is 0.931. The normalized spacial score (nSPS) is 18.5. The van der Waals surface area contributed by atoms with Crippen LogP contribution in [0.15, 0.2) is 12.1 Å². The second-order valence-corrected chi connectivity index (χ2v) is 6.43. The molecular formula is C16H24ClFN2. The molecule has 0 aliphatic carbocycles. The average molecular weight is 299 g/mol. The van der Waals surface area contributed by atoms with Gasteiger partial charge in [0.05, 0.1) is 0 Å². The molecule has 1 atom stereocenters. The second-order valence-electron chi connectivity index (χ2n) is 6.02. The van der Waals surface area contributed by atoms with Crippen molar-refractivity contribution in [2.24, 2.45) is 5.92 Å². The van der Waals surface area contributed by atoms with Crippen LogP contribution < -0.4 is 5.32 Å². The fourth-order valence-electron chi connectivity index (χ4n) is 2.87. The van der Waals surface area contributed by atoms with Gasteiger partial charge in [-0.2, -0.15) is 0 Å². The molecule has 0 spiro atoms. The van der Waals surface area contributed by atoms with E-state index < -0.39 is 0 Å². The smallest absolute Gasteiger partial charge is 0.132 e. The van der Waals surface area contributed by atoms with Crippen LogP contribution >= 0.6 is 11.6 Å². The highest BCUT2D eigenvalue weighted by molar-refractivity contribution is 6.31. The first-order valence-corrected chi connectivity index (χ1v) is 7.77. The molecule has 0 aromatic heterocycles. The van der Waals surface area contributed by atoms with Crippen LogP contribution in [0, 0.1) is 18.7 Å². The van der Waals surface area contributed by atoms with E-state index in [0.717, 1.165) is 32.6 Å². The Kier molecular flexibility index (Phi) is 5.42. The Morgan fingerprint density at radius 1 is 1.30 bits per heavy atom. The number of rotatable bonds is 4. The SMILES string of the molecule is Cc1ccc(Cl)c([C@@H](CC(C)C)N2CCNCC2)c1F. The molecule has 0 unspecified atom stereocenters. The van der Waals surface area contributed by atoms with Crippen molar-refractivity contribution in [3.63, 3.8) is 0 Å². The molecular weight excluding hydrogens is 275 g/mol. The Bertz CT molecular complexity index is 456. The molecule has 0 radical (unpaired) electrons. The number of hydrogen-bond donors (Lipinski definition) is 1. The number of benzene rings is 1. The highest BCUT2D eigenvalue weighted by Gasteiger charge is 2.28. The van der Waals surface area contributed by atoms with Crippen LogP contribution in [0.3, 0.4) is 0 Å². The van der Waals surface area contributed by atoms with E-state index >= 15 is 0 Å². The number of aryl methyl sites for hydroxylation is 1. The number of nitrogens with zero attached hydrogens (tertiary/aromatic N) is 1. The third-order valence-corrected chi connectivity index (χ3v) is 4.27.